The molecule has 1 rings (SSSR count). The van der Waals surface area contributed by atoms with Gasteiger partial charge in [0.25, 0.3) is 0 Å². The van der Waals surface area contributed by atoms with Crippen LogP contribution in [0.2, 0.25) is 0 Å². The van der Waals surface area contributed by atoms with Gasteiger partial charge in [-0.1, -0.05) is 12.5 Å². The van der Waals surface area contributed by atoms with Gasteiger partial charge in [0.15, 0.2) is 0 Å². The Kier molecular flexibility index (Phi) is 1.60. The second kappa shape index (κ2) is 2.26. The van der Waals surface area contributed by atoms with Crippen molar-refractivity contribution in [1.29, 1.82) is 0 Å². The zero-order chi connectivity index (χ0) is 6.85. The number of rotatable bonds is 0. The van der Waals surface area contributed by atoms with Crippen LogP contribution in [0.25, 0.3) is 0 Å². The van der Waals surface area contributed by atoms with Gasteiger partial charge in [0.05, 0.1) is 0 Å². The number of hydrogen-bond acceptors (Lipinski definition) is 1. The summed E-state index contributed by atoms with van der Waals surface area (Å²) in [6.07, 6.45) is 4.79. The van der Waals surface area contributed by atoms with Crippen LogP contribution in [0.5, 0.6) is 0 Å². The maximum atomic E-state index is 9.03. The predicted octanol–water partition coefficient (Wildman–Crippen LogP) is 2.41. The van der Waals surface area contributed by atoms with Crippen molar-refractivity contribution in [3.63, 3.8) is 0 Å². The smallest absolute Gasteiger partial charge is 0.111 e. The van der Waals surface area contributed by atoms with Crippen molar-refractivity contribution in [3.8, 4) is 0 Å². The first-order chi connectivity index (χ1) is 4.18. The minimum Gasteiger partial charge on any atom is -0.508 e. The molecule has 0 saturated carbocycles. The van der Waals surface area contributed by atoms with Gasteiger partial charge in [-0.3, -0.25) is 0 Å². The summed E-state index contributed by atoms with van der Waals surface area (Å²) in [5.74, 6) is 0.932. The minimum atomic E-state index is 0.422. The second-order valence-corrected chi connectivity index (χ2v) is 2.76. The summed E-state index contributed by atoms with van der Waals surface area (Å²) in [5, 5.41) is 9.03. The van der Waals surface area contributed by atoms with Gasteiger partial charge in [-0.15, -0.1) is 0 Å². The molecule has 0 radical (unpaired) electrons. The Morgan fingerprint density at radius 3 is 2.78 bits per heavy atom. The molecule has 0 aromatic carbocycles. The van der Waals surface area contributed by atoms with E-state index in [1.165, 1.54) is 5.57 Å². The molecule has 1 atom stereocenters. The Labute approximate surface area is 55.7 Å². The Hall–Kier alpha value is -0.720. The van der Waals surface area contributed by atoms with Crippen molar-refractivity contribution < 1.29 is 5.11 Å². The number of aliphatic hydroxyl groups is 1. The van der Waals surface area contributed by atoms with Crippen LogP contribution < -0.4 is 0 Å². The molecule has 0 fully saturated rings. The van der Waals surface area contributed by atoms with Gasteiger partial charge >= 0.3 is 0 Å². The molecule has 1 heteroatoms. The number of aliphatic hydroxyl groups excluding tert-OH is 1. The highest BCUT2D eigenvalue weighted by Gasteiger charge is 2.06. The van der Waals surface area contributed by atoms with Crippen molar-refractivity contribution in [2.45, 2.75) is 20.3 Å². The number of hydrogen-bond donors (Lipinski definition) is 1. The Morgan fingerprint density at radius 1 is 1.67 bits per heavy atom. The van der Waals surface area contributed by atoms with Gasteiger partial charge in [-0.05, 0) is 31.4 Å². The minimum absolute atomic E-state index is 0.422. The lowest BCUT2D eigenvalue weighted by Gasteiger charge is -2.11. The van der Waals surface area contributed by atoms with E-state index in [4.69, 9.17) is 5.11 Å². The van der Waals surface area contributed by atoms with Crippen LogP contribution in [-0.4, -0.2) is 5.11 Å². The predicted molar refractivity (Wildman–Crippen MR) is 38.2 cm³/mol. The third-order valence-electron chi connectivity index (χ3n) is 1.49. The summed E-state index contributed by atoms with van der Waals surface area (Å²) in [6.45, 7) is 4.15. The summed E-state index contributed by atoms with van der Waals surface area (Å²) < 4.78 is 0. The lowest BCUT2D eigenvalue weighted by atomic mass is 9.96. The summed E-state index contributed by atoms with van der Waals surface area (Å²) in [4.78, 5) is 0. The molecule has 0 amide bonds. The number of allylic oxidation sites excluding steroid dienone is 3. The van der Waals surface area contributed by atoms with E-state index in [2.05, 4.69) is 6.92 Å². The topological polar surface area (TPSA) is 20.2 Å². The van der Waals surface area contributed by atoms with Gasteiger partial charge in [0.2, 0.25) is 0 Å². The molecule has 1 nitrogen and oxygen atoms in total. The molecule has 1 unspecified atom stereocenters. The zero-order valence-corrected chi connectivity index (χ0v) is 5.89. The highest BCUT2D eigenvalue weighted by atomic mass is 16.3. The van der Waals surface area contributed by atoms with E-state index in [-0.39, 0.29) is 0 Å². The first kappa shape index (κ1) is 6.40. The molecule has 0 aliphatic heterocycles. The van der Waals surface area contributed by atoms with E-state index in [9.17, 15) is 0 Å². The monoisotopic (exact) mass is 124 g/mol. The molecule has 1 aliphatic rings. The third-order valence-corrected chi connectivity index (χ3v) is 1.49. The van der Waals surface area contributed by atoms with Crippen molar-refractivity contribution >= 4 is 0 Å². The van der Waals surface area contributed by atoms with Crippen molar-refractivity contribution in [3.05, 3.63) is 23.5 Å². The van der Waals surface area contributed by atoms with Crippen LogP contribution in [0, 0.1) is 5.92 Å². The highest BCUT2D eigenvalue weighted by Crippen LogP contribution is 2.19. The Bertz CT molecular complexity index is 165. The summed E-state index contributed by atoms with van der Waals surface area (Å²) in [6, 6.07) is 0. The average molecular weight is 124 g/mol. The summed E-state index contributed by atoms with van der Waals surface area (Å²) in [7, 11) is 0. The molecule has 9 heavy (non-hydrogen) atoms. The molecule has 0 aromatic heterocycles. The van der Waals surface area contributed by atoms with E-state index >= 15 is 0 Å². The SMILES string of the molecule is CC1=CC(O)=CC(C)C1. The van der Waals surface area contributed by atoms with Crippen LogP contribution >= 0.6 is 0 Å². The molecular formula is C8H12O. The van der Waals surface area contributed by atoms with E-state index in [1.54, 1.807) is 0 Å². The van der Waals surface area contributed by atoms with Gasteiger partial charge in [0, 0.05) is 0 Å². The molecule has 1 aliphatic carbocycles. The Morgan fingerprint density at radius 2 is 2.33 bits per heavy atom. The van der Waals surface area contributed by atoms with Gasteiger partial charge in [-0.25, -0.2) is 0 Å². The van der Waals surface area contributed by atoms with Gasteiger partial charge in [-0.2, -0.15) is 0 Å². The van der Waals surface area contributed by atoms with Crippen LogP contribution in [0.15, 0.2) is 23.5 Å². The average Bonchev–Trinajstić information content (AvgIpc) is 1.59. The summed E-state index contributed by atoms with van der Waals surface area (Å²) >= 11 is 0. The molecule has 50 valence electrons. The van der Waals surface area contributed by atoms with Gasteiger partial charge in [0.1, 0.15) is 5.76 Å². The van der Waals surface area contributed by atoms with Crippen LogP contribution in [0.3, 0.4) is 0 Å². The molecule has 0 bridgehead atoms. The van der Waals surface area contributed by atoms with Crippen molar-refractivity contribution in [2.24, 2.45) is 5.92 Å². The standard InChI is InChI=1S/C8H12O/c1-6-3-7(2)5-8(9)4-6/h4-6,9H,3H2,1-2H3. The molecular weight excluding hydrogens is 112 g/mol. The van der Waals surface area contributed by atoms with E-state index < -0.39 is 0 Å². The Balaban J connectivity index is 2.74. The van der Waals surface area contributed by atoms with Crippen LogP contribution in [0.1, 0.15) is 20.3 Å². The fraction of sp³-hybridized carbons (Fsp3) is 0.500. The van der Waals surface area contributed by atoms with Crippen LogP contribution in [0.4, 0.5) is 0 Å². The largest absolute Gasteiger partial charge is 0.508 e. The quantitative estimate of drug-likeness (QED) is 0.525. The maximum Gasteiger partial charge on any atom is 0.111 e. The maximum absolute atomic E-state index is 9.03. The molecule has 0 saturated heterocycles. The summed E-state index contributed by atoms with van der Waals surface area (Å²) in [5.41, 5.74) is 1.27. The lowest BCUT2D eigenvalue weighted by Crippen LogP contribution is -1.98. The molecule has 0 heterocycles. The zero-order valence-electron chi connectivity index (χ0n) is 5.89. The van der Waals surface area contributed by atoms with E-state index in [0.29, 0.717) is 11.7 Å². The first-order valence-corrected chi connectivity index (χ1v) is 3.26. The second-order valence-electron chi connectivity index (χ2n) is 2.76. The molecule has 0 aromatic rings. The fourth-order valence-electron chi connectivity index (χ4n) is 1.22. The van der Waals surface area contributed by atoms with Crippen molar-refractivity contribution in [2.75, 3.05) is 0 Å². The molecule has 0 spiro atoms. The third kappa shape index (κ3) is 1.60. The lowest BCUT2D eigenvalue weighted by molar-refractivity contribution is 0.417. The molecule has 1 N–H and O–H groups in total. The van der Waals surface area contributed by atoms with Gasteiger partial charge < -0.3 is 5.11 Å². The van der Waals surface area contributed by atoms with Crippen LogP contribution in [-0.2, 0) is 0 Å². The fourth-order valence-corrected chi connectivity index (χ4v) is 1.22. The van der Waals surface area contributed by atoms with Crippen molar-refractivity contribution in [1.82, 2.24) is 0 Å². The van der Waals surface area contributed by atoms with E-state index in [1.807, 2.05) is 19.1 Å². The first-order valence-electron chi connectivity index (χ1n) is 3.26. The highest BCUT2D eigenvalue weighted by molar-refractivity contribution is 5.22. The normalized spacial score (nSPS) is 27.1. The van der Waals surface area contributed by atoms with E-state index in [0.717, 1.165) is 6.42 Å².